The van der Waals surface area contributed by atoms with Crippen molar-refractivity contribution in [1.29, 1.82) is 0 Å². The maximum Gasteiger partial charge on any atom is 0.100 e. The molecule has 70 heavy (non-hydrogen) atoms. The first-order chi connectivity index (χ1) is 34.6. The molecule has 0 spiro atoms. The summed E-state index contributed by atoms with van der Waals surface area (Å²) in [5.41, 5.74) is 18.4. The van der Waals surface area contributed by atoms with Crippen LogP contribution in [0.1, 0.15) is 70.3 Å². The van der Waals surface area contributed by atoms with Crippen LogP contribution in [0.2, 0.25) is 0 Å². The van der Waals surface area contributed by atoms with Gasteiger partial charge in [0.1, 0.15) is 6.17 Å². The molecule has 0 radical (unpaired) electrons. The number of hydrogen-bond acceptors (Lipinski definition) is 3. The van der Waals surface area contributed by atoms with Crippen LogP contribution >= 0.6 is 0 Å². The zero-order valence-corrected chi connectivity index (χ0v) is 39.6. The molecule has 2 aliphatic carbocycles. The molecule has 10 aromatic rings. The number of allylic oxidation sites excluding steroid dienone is 2. The van der Waals surface area contributed by atoms with E-state index in [9.17, 15) is 0 Å². The van der Waals surface area contributed by atoms with Gasteiger partial charge in [-0.25, -0.2) is 0 Å². The lowest BCUT2D eigenvalue weighted by Crippen LogP contribution is -2.50. The van der Waals surface area contributed by atoms with Crippen molar-refractivity contribution in [3.63, 3.8) is 0 Å². The average molecular weight is 902 g/mol. The fraction of sp³-hybridized carbons (Fsp3) is 0.134. The average Bonchev–Trinajstić information content (AvgIpc) is 3.43. The quantitative estimate of drug-likeness (QED) is 0.126. The summed E-state index contributed by atoms with van der Waals surface area (Å²) in [4.78, 5) is 0. The minimum atomic E-state index is 0.0466. The topological polar surface area (TPSA) is 36.1 Å². The Hall–Kier alpha value is -7.82. The minimum Gasteiger partial charge on any atom is -0.366 e. The Morgan fingerprint density at radius 3 is 1.83 bits per heavy atom. The van der Waals surface area contributed by atoms with E-state index in [2.05, 4.69) is 241 Å². The molecule has 0 saturated heterocycles. The van der Waals surface area contributed by atoms with E-state index in [-0.39, 0.29) is 18.2 Å². The van der Waals surface area contributed by atoms with Gasteiger partial charge in [-0.2, -0.15) is 0 Å². The second-order valence-electron chi connectivity index (χ2n) is 19.6. The minimum absolute atomic E-state index is 0.0466. The molecule has 3 unspecified atom stereocenters. The van der Waals surface area contributed by atoms with Crippen LogP contribution in [0.15, 0.2) is 229 Å². The normalized spacial score (nSPS) is 17.1. The van der Waals surface area contributed by atoms with Crippen LogP contribution in [-0.2, 0) is 13.0 Å². The Labute approximate surface area is 410 Å². The maximum absolute atomic E-state index is 4.11. The van der Waals surface area contributed by atoms with Gasteiger partial charge < -0.3 is 10.6 Å². The molecule has 3 N–H and O–H groups in total. The van der Waals surface area contributed by atoms with Crippen molar-refractivity contribution in [2.75, 3.05) is 0 Å². The van der Waals surface area contributed by atoms with Crippen molar-refractivity contribution in [3.05, 3.63) is 268 Å². The zero-order chi connectivity index (χ0) is 46.5. The first-order valence-corrected chi connectivity index (χ1v) is 25.1. The second-order valence-corrected chi connectivity index (χ2v) is 19.6. The van der Waals surface area contributed by atoms with E-state index < -0.39 is 0 Å². The molecule has 3 atom stereocenters. The van der Waals surface area contributed by atoms with Crippen molar-refractivity contribution >= 4 is 49.2 Å². The van der Waals surface area contributed by atoms with Gasteiger partial charge in [-0.05, 0) is 166 Å². The van der Waals surface area contributed by atoms with Gasteiger partial charge in [-0.1, -0.05) is 200 Å². The Balaban J connectivity index is 0.748. The predicted octanol–water partition coefficient (Wildman–Crippen LogP) is 16.0. The lowest BCUT2D eigenvalue weighted by Gasteiger charge is -2.39. The highest BCUT2D eigenvalue weighted by Crippen LogP contribution is 2.40. The molecule has 1 heterocycles. The molecule has 1 aliphatic heterocycles. The van der Waals surface area contributed by atoms with E-state index in [1.165, 1.54) is 121 Å². The van der Waals surface area contributed by atoms with Gasteiger partial charge in [0.15, 0.2) is 0 Å². The zero-order valence-electron chi connectivity index (χ0n) is 39.6. The summed E-state index contributed by atoms with van der Waals surface area (Å²) in [6, 6.07) is 74.6. The number of rotatable bonds is 9. The number of nitrogens with one attached hydrogen (secondary N) is 3. The van der Waals surface area contributed by atoms with E-state index in [1.807, 2.05) is 0 Å². The summed E-state index contributed by atoms with van der Waals surface area (Å²) in [7, 11) is 0. The third-order valence-electron chi connectivity index (χ3n) is 15.5. The Morgan fingerprint density at radius 2 is 1.16 bits per heavy atom. The highest BCUT2D eigenvalue weighted by molar-refractivity contribution is 6.14. The molecule has 338 valence electrons. The third-order valence-corrected chi connectivity index (χ3v) is 15.5. The fourth-order valence-corrected chi connectivity index (χ4v) is 11.8. The first kappa shape index (κ1) is 42.3. The fourth-order valence-electron chi connectivity index (χ4n) is 11.8. The van der Waals surface area contributed by atoms with Crippen LogP contribution in [0, 0.1) is 6.92 Å². The van der Waals surface area contributed by atoms with E-state index in [1.54, 1.807) is 0 Å². The van der Waals surface area contributed by atoms with Gasteiger partial charge in [0, 0.05) is 12.2 Å². The monoisotopic (exact) mass is 901 g/mol. The van der Waals surface area contributed by atoms with Crippen LogP contribution in [0.5, 0.6) is 0 Å². The van der Waals surface area contributed by atoms with Crippen LogP contribution in [-0.4, -0.2) is 6.17 Å². The Morgan fingerprint density at radius 1 is 0.557 bits per heavy atom. The van der Waals surface area contributed by atoms with Gasteiger partial charge in [0.25, 0.3) is 0 Å². The lowest BCUT2D eigenvalue weighted by molar-refractivity contribution is 0.417. The molecular formula is C67H55N3. The van der Waals surface area contributed by atoms with Crippen LogP contribution in [0.4, 0.5) is 0 Å². The predicted molar refractivity (Wildman–Crippen MR) is 295 cm³/mol. The van der Waals surface area contributed by atoms with Crippen molar-refractivity contribution in [1.82, 2.24) is 16.0 Å². The van der Waals surface area contributed by atoms with E-state index in [4.69, 9.17) is 0 Å². The molecule has 3 aliphatic rings. The van der Waals surface area contributed by atoms with E-state index in [0.29, 0.717) is 0 Å². The van der Waals surface area contributed by atoms with E-state index in [0.717, 1.165) is 32.2 Å². The summed E-state index contributed by atoms with van der Waals surface area (Å²) >= 11 is 0. The maximum atomic E-state index is 4.11. The van der Waals surface area contributed by atoms with Crippen molar-refractivity contribution in [3.8, 4) is 22.3 Å². The molecular weight excluding hydrogens is 847 g/mol. The van der Waals surface area contributed by atoms with Crippen molar-refractivity contribution in [2.45, 2.75) is 57.4 Å². The van der Waals surface area contributed by atoms with Gasteiger partial charge in [-0.15, -0.1) is 0 Å². The third kappa shape index (κ3) is 7.72. The Kier molecular flexibility index (Phi) is 10.8. The van der Waals surface area contributed by atoms with Gasteiger partial charge in [-0.3, -0.25) is 5.32 Å². The Bertz CT molecular complexity index is 3740. The summed E-state index contributed by atoms with van der Waals surface area (Å²) in [5, 5.41) is 22.4. The van der Waals surface area contributed by atoms with Crippen LogP contribution in [0.25, 0.3) is 71.4 Å². The lowest BCUT2D eigenvalue weighted by atomic mass is 9.85. The summed E-state index contributed by atoms with van der Waals surface area (Å²) in [6.07, 6.45) is 11.3. The molecule has 0 saturated carbocycles. The van der Waals surface area contributed by atoms with Crippen molar-refractivity contribution in [2.24, 2.45) is 0 Å². The second kappa shape index (κ2) is 17.9. The largest absolute Gasteiger partial charge is 0.366 e. The number of fused-ring (bicyclic) bond motifs is 7. The van der Waals surface area contributed by atoms with E-state index >= 15 is 0 Å². The molecule has 0 amide bonds. The standard InChI is InChI=1S/C67H55N3/c1-43-14-2-5-17-54(43)65(47-32-28-45(29-33-47)62-40-51-15-3-6-18-55(51)57-20-8-10-22-59(57)62)68-42-44-26-27-50-39-53(37-36-49(50)38-44)67-69-64-25-13-12-24-61(64)66(70-67)48-34-30-46(31-35-48)63-41-52-16-4-7-19-56(52)58-21-9-11-23-60(58)63/h2-11,13-23,25-35,38-41,65-70H,12,24,36-37,42H2,1H3. The highest BCUT2D eigenvalue weighted by atomic mass is 15.2. The number of aryl methyl sites for hydroxylation is 2. The SMILES string of the molecule is Cc1ccccc1C(NCc1ccc2c(c1)CCC(C1NC3=C(CCC=C3)C(c3ccc(-c4cc5ccccc5c5ccccc45)cc3)N1)=C2)c1ccc(-c2cc3ccccc3c3ccccc23)cc1. The number of benzene rings is 10. The van der Waals surface area contributed by atoms with Gasteiger partial charge in [0.2, 0.25) is 0 Å². The summed E-state index contributed by atoms with van der Waals surface area (Å²) in [6.45, 7) is 3.00. The molecule has 0 bridgehead atoms. The van der Waals surface area contributed by atoms with Crippen molar-refractivity contribution < 1.29 is 0 Å². The van der Waals surface area contributed by atoms with Crippen LogP contribution in [0.3, 0.4) is 0 Å². The van der Waals surface area contributed by atoms with Gasteiger partial charge in [0.05, 0.1) is 12.1 Å². The molecule has 3 heteroatoms. The van der Waals surface area contributed by atoms with Gasteiger partial charge >= 0.3 is 0 Å². The first-order valence-electron chi connectivity index (χ1n) is 25.1. The smallest absolute Gasteiger partial charge is 0.100 e. The number of hydrogen-bond donors (Lipinski definition) is 3. The molecule has 0 fully saturated rings. The summed E-state index contributed by atoms with van der Waals surface area (Å²) < 4.78 is 0. The summed E-state index contributed by atoms with van der Waals surface area (Å²) in [5.74, 6) is 0. The highest BCUT2D eigenvalue weighted by Gasteiger charge is 2.32. The molecule has 3 nitrogen and oxygen atoms in total. The molecule has 0 aromatic heterocycles. The molecule has 13 rings (SSSR count). The van der Waals surface area contributed by atoms with Crippen LogP contribution < -0.4 is 16.0 Å². The molecule has 10 aromatic carbocycles.